The number of H-pyrrole nitrogens is 1. The lowest BCUT2D eigenvalue weighted by atomic mass is 10.2. The minimum atomic E-state index is 0.0700. The molecule has 0 aliphatic rings. The quantitative estimate of drug-likeness (QED) is 0.777. The predicted octanol–water partition coefficient (Wildman–Crippen LogP) is 2.98. The molecule has 2 rings (SSSR count). The van der Waals surface area contributed by atoms with Crippen LogP contribution in [0.5, 0.6) is 0 Å². The lowest BCUT2D eigenvalue weighted by molar-refractivity contribution is 1.04. The number of fused-ring (bicyclic) bond motifs is 1. The Kier molecular flexibility index (Phi) is 2.42. The number of aromatic nitrogens is 1. The van der Waals surface area contributed by atoms with Crippen LogP contribution in [0.1, 0.15) is 17.4 Å². The van der Waals surface area contributed by atoms with Gasteiger partial charge in [-0.2, -0.15) is 0 Å². The van der Waals surface area contributed by atoms with Gasteiger partial charge in [-0.3, -0.25) is 4.79 Å². The van der Waals surface area contributed by atoms with E-state index in [-0.39, 0.29) is 10.3 Å². The van der Waals surface area contributed by atoms with Crippen molar-refractivity contribution in [3.05, 3.63) is 46.2 Å². The molecule has 0 spiro atoms. The second-order valence-corrected chi connectivity index (χ2v) is 4.62. The smallest absolute Gasteiger partial charge is 0.189 e. The molecule has 1 atom stereocenters. The Balaban J connectivity index is 2.79. The summed E-state index contributed by atoms with van der Waals surface area (Å²) in [4.78, 5) is 15.0. The van der Waals surface area contributed by atoms with Crippen LogP contribution < -0.4 is 5.43 Å². The van der Waals surface area contributed by atoms with Crippen LogP contribution in [0.2, 0.25) is 0 Å². The summed E-state index contributed by atoms with van der Waals surface area (Å²) in [5.41, 5.74) is 1.87. The molecular formula is C11H10BrNO. The molecule has 0 aliphatic heterocycles. The van der Waals surface area contributed by atoms with Gasteiger partial charge in [0.1, 0.15) is 0 Å². The highest BCUT2D eigenvalue weighted by atomic mass is 79.9. The molecule has 2 aromatic rings. The largest absolute Gasteiger partial charge is 0.357 e. The zero-order valence-corrected chi connectivity index (χ0v) is 9.34. The third-order valence-electron chi connectivity index (χ3n) is 2.19. The van der Waals surface area contributed by atoms with Crippen molar-refractivity contribution in [2.75, 3.05) is 0 Å². The van der Waals surface area contributed by atoms with Crippen molar-refractivity contribution in [3.63, 3.8) is 0 Å². The Hall–Kier alpha value is -1.09. The number of aromatic amines is 1. The number of para-hydroxylation sites is 1. The van der Waals surface area contributed by atoms with E-state index in [2.05, 4.69) is 20.9 Å². The molecule has 0 bridgehead atoms. The van der Waals surface area contributed by atoms with Crippen LogP contribution in [0, 0.1) is 0 Å². The van der Waals surface area contributed by atoms with Crippen molar-refractivity contribution in [2.24, 2.45) is 0 Å². The number of hydrogen-bond donors (Lipinski definition) is 1. The molecule has 2 nitrogen and oxygen atoms in total. The highest BCUT2D eigenvalue weighted by Crippen LogP contribution is 2.19. The third-order valence-corrected chi connectivity index (χ3v) is 2.68. The van der Waals surface area contributed by atoms with Crippen molar-refractivity contribution in [2.45, 2.75) is 11.8 Å². The fourth-order valence-corrected chi connectivity index (χ4v) is 1.68. The first-order valence-electron chi connectivity index (χ1n) is 4.44. The molecule has 0 amide bonds. The number of benzene rings is 1. The van der Waals surface area contributed by atoms with E-state index < -0.39 is 0 Å². The summed E-state index contributed by atoms with van der Waals surface area (Å²) in [6, 6.07) is 9.17. The summed E-state index contributed by atoms with van der Waals surface area (Å²) in [5, 5.41) is 0.740. The van der Waals surface area contributed by atoms with E-state index in [1.165, 1.54) is 0 Å². The van der Waals surface area contributed by atoms with E-state index in [4.69, 9.17) is 0 Å². The zero-order chi connectivity index (χ0) is 10.1. The molecule has 0 radical (unpaired) electrons. The minimum Gasteiger partial charge on any atom is -0.357 e. The average molecular weight is 252 g/mol. The van der Waals surface area contributed by atoms with Crippen molar-refractivity contribution in [1.82, 2.24) is 4.98 Å². The van der Waals surface area contributed by atoms with Crippen molar-refractivity contribution >= 4 is 26.8 Å². The maximum absolute atomic E-state index is 11.7. The summed E-state index contributed by atoms with van der Waals surface area (Å²) in [5.74, 6) is 0. The van der Waals surface area contributed by atoms with E-state index in [1.807, 2.05) is 31.2 Å². The monoisotopic (exact) mass is 251 g/mol. The highest BCUT2D eigenvalue weighted by molar-refractivity contribution is 9.09. The van der Waals surface area contributed by atoms with Gasteiger partial charge in [0.25, 0.3) is 0 Å². The molecule has 0 fully saturated rings. The second-order valence-electron chi connectivity index (χ2n) is 3.25. The van der Waals surface area contributed by atoms with Gasteiger partial charge in [-0.15, -0.1) is 0 Å². The number of alkyl halides is 1. The fourth-order valence-electron chi connectivity index (χ4n) is 1.43. The van der Waals surface area contributed by atoms with Crippen LogP contribution in [-0.4, -0.2) is 4.98 Å². The van der Waals surface area contributed by atoms with E-state index >= 15 is 0 Å². The average Bonchev–Trinajstić information content (AvgIpc) is 2.17. The maximum atomic E-state index is 11.7. The van der Waals surface area contributed by atoms with Crippen LogP contribution in [0.15, 0.2) is 35.1 Å². The summed E-state index contributed by atoms with van der Waals surface area (Å²) >= 11 is 3.43. The first kappa shape index (κ1) is 9.46. The number of halogens is 1. The topological polar surface area (TPSA) is 32.9 Å². The molecule has 1 unspecified atom stereocenters. The summed E-state index contributed by atoms with van der Waals surface area (Å²) in [7, 11) is 0. The summed E-state index contributed by atoms with van der Waals surface area (Å²) in [6.45, 7) is 1.99. The Bertz CT molecular complexity index is 516. The van der Waals surface area contributed by atoms with E-state index in [0.717, 1.165) is 16.6 Å². The lowest BCUT2D eigenvalue weighted by Crippen LogP contribution is -2.04. The minimum absolute atomic E-state index is 0.0700. The molecule has 1 N–H and O–H groups in total. The number of hydrogen-bond acceptors (Lipinski definition) is 1. The molecule has 0 aliphatic carbocycles. The van der Waals surface area contributed by atoms with Gasteiger partial charge in [0.15, 0.2) is 5.43 Å². The molecule has 3 heteroatoms. The molecule has 0 saturated heterocycles. The Morgan fingerprint density at radius 2 is 2.07 bits per heavy atom. The Labute approximate surface area is 90.1 Å². The van der Waals surface area contributed by atoms with E-state index in [9.17, 15) is 4.79 Å². The van der Waals surface area contributed by atoms with Gasteiger partial charge < -0.3 is 4.98 Å². The standard InChI is InChI=1S/C11H10BrNO/c1-7(12)10-6-11(14)8-4-2-3-5-9(8)13-10/h2-7H,1H3,(H,13,14). The van der Waals surface area contributed by atoms with Crippen molar-refractivity contribution < 1.29 is 0 Å². The van der Waals surface area contributed by atoms with Gasteiger partial charge in [-0.25, -0.2) is 0 Å². The Morgan fingerprint density at radius 1 is 1.36 bits per heavy atom. The van der Waals surface area contributed by atoms with Crippen molar-refractivity contribution in [3.8, 4) is 0 Å². The van der Waals surface area contributed by atoms with Crippen LogP contribution >= 0.6 is 15.9 Å². The summed E-state index contributed by atoms with van der Waals surface area (Å²) in [6.07, 6.45) is 0. The first-order valence-corrected chi connectivity index (χ1v) is 5.36. The molecule has 0 saturated carbocycles. The van der Waals surface area contributed by atoms with Crippen LogP contribution in [0.4, 0.5) is 0 Å². The maximum Gasteiger partial charge on any atom is 0.189 e. The van der Waals surface area contributed by atoms with Gasteiger partial charge in [0, 0.05) is 22.7 Å². The number of rotatable bonds is 1. The predicted molar refractivity (Wildman–Crippen MR) is 61.9 cm³/mol. The molecule has 1 heterocycles. The molecule has 1 aromatic heterocycles. The lowest BCUT2D eigenvalue weighted by Gasteiger charge is -2.05. The highest BCUT2D eigenvalue weighted by Gasteiger charge is 2.04. The van der Waals surface area contributed by atoms with Gasteiger partial charge in [-0.05, 0) is 19.1 Å². The first-order chi connectivity index (χ1) is 6.68. The second kappa shape index (κ2) is 3.58. The third kappa shape index (κ3) is 1.60. The molecule has 72 valence electrons. The molecule has 1 aromatic carbocycles. The van der Waals surface area contributed by atoms with Crippen LogP contribution in [0.3, 0.4) is 0 Å². The number of nitrogens with one attached hydrogen (secondary N) is 1. The molecule has 14 heavy (non-hydrogen) atoms. The van der Waals surface area contributed by atoms with E-state index in [0.29, 0.717) is 0 Å². The Morgan fingerprint density at radius 3 is 2.79 bits per heavy atom. The van der Waals surface area contributed by atoms with Gasteiger partial charge in [0.2, 0.25) is 0 Å². The van der Waals surface area contributed by atoms with Gasteiger partial charge in [0.05, 0.1) is 4.83 Å². The molecular weight excluding hydrogens is 242 g/mol. The van der Waals surface area contributed by atoms with Gasteiger partial charge in [-0.1, -0.05) is 28.1 Å². The SMILES string of the molecule is CC(Br)c1cc(=O)c2ccccc2[nH]1. The summed E-state index contributed by atoms with van der Waals surface area (Å²) < 4.78 is 0. The van der Waals surface area contributed by atoms with E-state index in [1.54, 1.807) is 6.07 Å². The van der Waals surface area contributed by atoms with Crippen molar-refractivity contribution in [1.29, 1.82) is 0 Å². The van der Waals surface area contributed by atoms with Crippen LogP contribution in [-0.2, 0) is 0 Å². The number of pyridine rings is 1. The zero-order valence-electron chi connectivity index (χ0n) is 7.75. The van der Waals surface area contributed by atoms with Crippen LogP contribution in [0.25, 0.3) is 10.9 Å². The fraction of sp³-hybridized carbons (Fsp3) is 0.182. The van der Waals surface area contributed by atoms with Gasteiger partial charge >= 0.3 is 0 Å². The normalized spacial score (nSPS) is 13.0.